The Hall–Kier alpha value is -2.29. The molecule has 0 spiro atoms. The van der Waals surface area contributed by atoms with Gasteiger partial charge in [0.2, 0.25) is 0 Å². The van der Waals surface area contributed by atoms with E-state index in [9.17, 15) is 10.0 Å². The number of nitrogens with zero attached hydrogens (tertiary/aromatic N) is 2. The largest absolute Gasteiger partial charge is 0.493 e. The lowest BCUT2D eigenvalue weighted by atomic mass is 9.77. The number of aryl methyl sites for hydroxylation is 1. The zero-order valence-corrected chi connectivity index (χ0v) is 16.3. The third-order valence-electron chi connectivity index (χ3n) is 3.60. The van der Waals surface area contributed by atoms with E-state index >= 15 is 0 Å². The van der Waals surface area contributed by atoms with E-state index in [1.54, 1.807) is 6.07 Å². The lowest BCUT2D eigenvalue weighted by Crippen LogP contribution is -2.32. The molecule has 0 heterocycles. The van der Waals surface area contributed by atoms with Crippen LogP contribution < -0.4 is 15.9 Å². The molecule has 0 saturated carbocycles. The molecule has 0 amide bonds. The predicted octanol–water partition coefficient (Wildman–Crippen LogP) is 2.05. The van der Waals surface area contributed by atoms with Gasteiger partial charge in [-0.3, -0.25) is 0 Å². The summed E-state index contributed by atoms with van der Waals surface area (Å²) in [6.45, 7) is 4.30. The molecule has 4 N–H and O–H groups in total. The molecule has 27 heavy (non-hydrogen) atoms. The Bertz CT molecular complexity index is 798. The third-order valence-corrected chi connectivity index (χ3v) is 4.46. The van der Waals surface area contributed by atoms with Crippen molar-refractivity contribution in [2.45, 2.75) is 26.0 Å². The van der Waals surface area contributed by atoms with E-state index in [0.29, 0.717) is 34.3 Å². The Morgan fingerprint density at radius 1 is 1.26 bits per heavy atom. The molecule has 0 aliphatic heterocycles. The van der Waals surface area contributed by atoms with Crippen LogP contribution in [0.15, 0.2) is 52.7 Å². The first kappa shape index (κ1) is 21.0. The normalized spacial score (nSPS) is 11.8. The van der Waals surface area contributed by atoms with E-state index in [2.05, 4.69) is 10.2 Å². The van der Waals surface area contributed by atoms with Crippen LogP contribution in [0.4, 0.5) is 0 Å². The fourth-order valence-electron chi connectivity index (χ4n) is 2.40. The van der Waals surface area contributed by atoms with Crippen molar-refractivity contribution in [2.75, 3.05) is 6.61 Å². The molecule has 0 bridgehead atoms. The molecular formula is C19H24BN3O3S. The summed E-state index contributed by atoms with van der Waals surface area (Å²) in [6.07, 6.45) is 2.31. The van der Waals surface area contributed by atoms with Crippen molar-refractivity contribution in [3.05, 3.63) is 59.2 Å². The van der Waals surface area contributed by atoms with Crippen LogP contribution in [0.1, 0.15) is 30.0 Å². The minimum absolute atomic E-state index is 0.306. The average molecular weight is 385 g/mol. The van der Waals surface area contributed by atoms with Crippen LogP contribution in [0.3, 0.4) is 0 Å². The SMILES string of the molecule is CCCOc1c(C=NN=C(N)SCc2ccccc2)cc(C)cc1B(O)O. The van der Waals surface area contributed by atoms with E-state index < -0.39 is 7.12 Å². The van der Waals surface area contributed by atoms with Gasteiger partial charge in [0.05, 0.1) is 12.8 Å². The number of hydrogen-bond acceptors (Lipinski definition) is 6. The number of hydrogen-bond donors (Lipinski definition) is 3. The molecule has 0 unspecified atom stereocenters. The number of nitrogens with two attached hydrogens (primary N) is 1. The van der Waals surface area contributed by atoms with Gasteiger partial charge in [0.1, 0.15) is 5.75 Å². The molecule has 2 aromatic rings. The smallest absolute Gasteiger partial charge is 0.492 e. The average Bonchev–Trinajstić information content (AvgIpc) is 2.66. The zero-order valence-electron chi connectivity index (χ0n) is 15.5. The quantitative estimate of drug-likeness (QED) is 0.280. The van der Waals surface area contributed by atoms with Crippen LogP contribution >= 0.6 is 11.8 Å². The third kappa shape index (κ3) is 6.75. The molecule has 0 saturated heterocycles. The Morgan fingerprint density at radius 2 is 2.00 bits per heavy atom. The van der Waals surface area contributed by atoms with Gasteiger partial charge in [0.15, 0.2) is 5.17 Å². The molecular weight excluding hydrogens is 361 g/mol. The van der Waals surface area contributed by atoms with Gasteiger partial charge in [-0.25, -0.2) is 0 Å². The minimum atomic E-state index is -1.63. The summed E-state index contributed by atoms with van der Waals surface area (Å²) in [4.78, 5) is 0. The van der Waals surface area contributed by atoms with E-state index in [0.717, 1.165) is 17.5 Å². The van der Waals surface area contributed by atoms with Crippen molar-refractivity contribution >= 4 is 35.7 Å². The fourth-order valence-corrected chi connectivity index (χ4v) is 3.01. The minimum Gasteiger partial charge on any atom is -0.493 e. The van der Waals surface area contributed by atoms with E-state index in [1.807, 2.05) is 50.2 Å². The van der Waals surface area contributed by atoms with Gasteiger partial charge in [-0.05, 0) is 25.0 Å². The second kappa shape index (κ2) is 10.8. The highest BCUT2D eigenvalue weighted by Gasteiger charge is 2.20. The summed E-state index contributed by atoms with van der Waals surface area (Å²) >= 11 is 1.40. The summed E-state index contributed by atoms with van der Waals surface area (Å²) in [7, 11) is -1.63. The summed E-state index contributed by atoms with van der Waals surface area (Å²) in [5, 5.41) is 27.6. The fraction of sp³-hybridized carbons (Fsp3) is 0.263. The van der Waals surface area contributed by atoms with Gasteiger partial charge >= 0.3 is 7.12 Å². The zero-order chi connectivity index (χ0) is 19.6. The molecule has 142 valence electrons. The molecule has 6 nitrogen and oxygen atoms in total. The molecule has 0 fully saturated rings. The monoisotopic (exact) mass is 385 g/mol. The van der Waals surface area contributed by atoms with Crippen molar-refractivity contribution in [2.24, 2.45) is 15.9 Å². The highest BCUT2D eigenvalue weighted by Crippen LogP contribution is 2.18. The summed E-state index contributed by atoms with van der Waals surface area (Å²) in [5.41, 5.74) is 8.84. The second-order valence-corrected chi connectivity index (χ2v) is 6.95. The Balaban J connectivity index is 2.14. The van der Waals surface area contributed by atoms with Gasteiger partial charge in [-0.2, -0.15) is 5.10 Å². The van der Waals surface area contributed by atoms with Gasteiger partial charge in [0, 0.05) is 16.8 Å². The predicted molar refractivity (Wildman–Crippen MR) is 114 cm³/mol. The molecule has 0 atom stereocenters. The molecule has 0 aliphatic rings. The lowest BCUT2D eigenvalue weighted by Gasteiger charge is -2.14. The molecule has 2 aromatic carbocycles. The molecule has 0 aromatic heterocycles. The molecule has 8 heteroatoms. The maximum Gasteiger partial charge on any atom is 0.492 e. The number of amidine groups is 1. The first-order chi connectivity index (χ1) is 13.0. The first-order valence-electron chi connectivity index (χ1n) is 8.68. The Labute approximate surface area is 164 Å². The van der Waals surface area contributed by atoms with E-state index in [1.165, 1.54) is 18.0 Å². The van der Waals surface area contributed by atoms with E-state index in [-0.39, 0.29) is 0 Å². The summed E-state index contributed by atoms with van der Waals surface area (Å²) in [5.74, 6) is 1.11. The van der Waals surface area contributed by atoms with Gasteiger partial charge in [-0.15, -0.1) is 5.10 Å². The maximum absolute atomic E-state index is 9.62. The van der Waals surface area contributed by atoms with Crippen molar-refractivity contribution < 1.29 is 14.8 Å². The van der Waals surface area contributed by atoms with Gasteiger partial charge in [0.25, 0.3) is 0 Å². The van der Waals surface area contributed by atoms with Crippen LogP contribution in [0.25, 0.3) is 0 Å². The van der Waals surface area contributed by atoms with E-state index in [4.69, 9.17) is 10.5 Å². The van der Waals surface area contributed by atoms with Crippen molar-refractivity contribution in [1.82, 2.24) is 0 Å². The van der Waals surface area contributed by atoms with Crippen LogP contribution in [0, 0.1) is 6.92 Å². The van der Waals surface area contributed by atoms with Crippen LogP contribution in [-0.4, -0.2) is 35.2 Å². The highest BCUT2D eigenvalue weighted by atomic mass is 32.2. The molecule has 0 aliphatic carbocycles. The molecule has 0 radical (unpaired) electrons. The van der Waals surface area contributed by atoms with Crippen molar-refractivity contribution in [3.63, 3.8) is 0 Å². The summed E-state index contributed by atoms with van der Waals surface area (Å²) in [6, 6.07) is 13.5. The number of ether oxygens (including phenoxy) is 1. The van der Waals surface area contributed by atoms with Crippen LogP contribution in [0.5, 0.6) is 5.75 Å². The Kier molecular flexibility index (Phi) is 8.38. The van der Waals surface area contributed by atoms with Crippen LogP contribution in [-0.2, 0) is 5.75 Å². The van der Waals surface area contributed by atoms with Crippen molar-refractivity contribution in [3.8, 4) is 5.75 Å². The molecule has 2 rings (SSSR count). The first-order valence-corrected chi connectivity index (χ1v) is 9.66. The Morgan fingerprint density at radius 3 is 2.67 bits per heavy atom. The maximum atomic E-state index is 9.62. The topological polar surface area (TPSA) is 100 Å². The van der Waals surface area contributed by atoms with Crippen molar-refractivity contribution in [1.29, 1.82) is 0 Å². The highest BCUT2D eigenvalue weighted by molar-refractivity contribution is 8.13. The second-order valence-electron chi connectivity index (χ2n) is 5.95. The number of thioether (sulfide) groups is 1. The lowest BCUT2D eigenvalue weighted by molar-refractivity contribution is 0.317. The summed E-state index contributed by atoms with van der Waals surface area (Å²) < 4.78 is 5.70. The van der Waals surface area contributed by atoms with Crippen LogP contribution in [0.2, 0.25) is 0 Å². The number of rotatable bonds is 8. The standard InChI is InChI=1S/C19H24BN3O3S/c1-3-9-26-18-16(10-14(2)11-17(18)20(24)25)12-22-23-19(21)27-13-15-7-5-4-6-8-15/h4-8,10-12,24-25H,3,9,13H2,1-2H3,(H2,21,23). The van der Waals surface area contributed by atoms with Gasteiger partial charge in [-0.1, -0.05) is 60.6 Å². The van der Waals surface area contributed by atoms with Gasteiger partial charge < -0.3 is 20.5 Å². The number of benzene rings is 2.